The Morgan fingerprint density at radius 2 is 2.47 bits per heavy atom. The van der Waals surface area contributed by atoms with Gasteiger partial charge in [-0.15, -0.1) is 0 Å². The van der Waals surface area contributed by atoms with Gasteiger partial charge in [-0.1, -0.05) is 11.6 Å². The number of hydrogen-bond donors (Lipinski definition) is 2. The third kappa shape index (κ3) is 2.46. The summed E-state index contributed by atoms with van der Waals surface area (Å²) < 4.78 is 5.22. The number of ether oxygens (including phenoxy) is 1. The number of nitrogens with one attached hydrogen (secondary N) is 2. The maximum atomic E-state index is 11.9. The number of amides is 1. The van der Waals surface area contributed by atoms with E-state index in [0.29, 0.717) is 19.8 Å². The lowest BCUT2D eigenvalue weighted by Crippen LogP contribution is -2.30. The standard InChI is InChI=1S/C14H17N3O2/c1-9-2-3-12-11(6-9)13(17-16-12)7-15-14(18)10-4-5-19-8-10/h2-3,6,10H,4-5,7-8H2,1H3,(H,15,18)(H,16,17)/t10-/m1/s1. The topological polar surface area (TPSA) is 67.0 Å². The highest BCUT2D eigenvalue weighted by Gasteiger charge is 2.23. The smallest absolute Gasteiger partial charge is 0.225 e. The maximum absolute atomic E-state index is 11.9. The highest BCUT2D eigenvalue weighted by atomic mass is 16.5. The molecule has 0 bridgehead atoms. The minimum Gasteiger partial charge on any atom is -0.381 e. The molecule has 2 heterocycles. The summed E-state index contributed by atoms with van der Waals surface area (Å²) in [5, 5.41) is 11.2. The summed E-state index contributed by atoms with van der Waals surface area (Å²) >= 11 is 0. The van der Waals surface area contributed by atoms with Crippen molar-refractivity contribution in [2.45, 2.75) is 19.9 Å². The molecule has 0 spiro atoms. The molecule has 0 radical (unpaired) electrons. The predicted molar refractivity (Wildman–Crippen MR) is 71.6 cm³/mol. The van der Waals surface area contributed by atoms with Crippen molar-refractivity contribution in [1.82, 2.24) is 15.5 Å². The van der Waals surface area contributed by atoms with Gasteiger partial charge in [0.15, 0.2) is 0 Å². The minimum absolute atomic E-state index is 0.00378. The third-order valence-electron chi connectivity index (χ3n) is 3.53. The van der Waals surface area contributed by atoms with E-state index in [1.54, 1.807) is 0 Å². The average Bonchev–Trinajstić information content (AvgIpc) is 3.05. The number of nitrogens with zero attached hydrogens (tertiary/aromatic N) is 1. The molecule has 3 rings (SSSR count). The largest absolute Gasteiger partial charge is 0.381 e. The van der Waals surface area contributed by atoms with Crippen molar-refractivity contribution in [2.75, 3.05) is 13.2 Å². The van der Waals surface area contributed by atoms with E-state index >= 15 is 0 Å². The van der Waals surface area contributed by atoms with Gasteiger partial charge in [0.05, 0.1) is 30.3 Å². The van der Waals surface area contributed by atoms with Crippen molar-refractivity contribution in [3.05, 3.63) is 29.5 Å². The Hall–Kier alpha value is -1.88. The Balaban J connectivity index is 1.71. The van der Waals surface area contributed by atoms with E-state index in [1.165, 1.54) is 5.56 Å². The Bertz CT molecular complexity index is 600. The van der Waals surface area contributed by atoms with Gasteiger partial charge in [0.1, 0.15) is 0 Å². The molecule has 1 fully saturated rings. The summed E-state index contributed by atoms with van der Waals surface area (Å²) in [6, 6.07) is 6.09. The van der Waals surface area contributed by atoms with Gasteiger partial charge in [0, 0.05) is 12.0 Å². The molecular formula is C14H17N3O2. The third-order valence-corrected chi connectivity index (χ3v) is 3.53. The second kappa shape index (κ2) is 5.01. The first kappa shape index (κ1) is 12.2. The number of carbonyl (C=O) groups excluding carboxylic acids is 1. The van der Waals surface area contributed by atoms with Crippen LogP contribution < -0.4 is 5.32 Å². The highest BCUT2D eigenvalue weighted by Crippen LogP contribution is 2.18. The van der Waals surface area contributed by atoms with Gasteiger partial charge in [0.2, 0.25) is 5.91 Å². The SMILES string of the molecule is Cc1ccc2n[nH]c(CNC(=O)[C@@H]3CCOC3)c2c1. The lowest BCUT2D eigenvalue weighted by molar-refractivity contribution is -0.125. The molecule has 5 heteroatoms. The molecule has 0 unspecified atom stereocenters. The number of fused-ring (bicyclic) bond motifs is 1. The molecule has 0 saturated carbocycles. The van der Waals surface area contributed by atoms with Crippen molar-refractivity contribution in [3.8, 4) is 0 Å². The molecule has 2 N–H and O–H groups in total. The number of rotatable bonds is 3. The van der Waals surface area contributed by atoms with Gasteiger partial charge in [-0.05, 0) is 25.5 Å². The first-order valence-corrected chi connectivity index (χ1v) is 6.53. The van der Waals surface area contributed by atoms with Crippen LogP contribution in [-0.4, -0.2) is 29.3 Å². The first-order chi connectivity index (χ1) is 9.24. The first-order valence-electron chi connectivity index (χ1n) is 6.53. The predicted octanol–water partition coefficient (Wildman–Crippen LogP) is 1.52. The molecule has 1 atom stereocenters. The second-order valence-electron chi connectivity index (χ2n) is 5.00. The fourth-order valence-electron chi connectivity index (χ4n) is 2.37. The summed E-state index contributed by atoms with van der Waals surface area (Å²) in [5.41, 5.74) is 3.07. The zero-order valence-electron chi connectivity index (χ0n) is 10.9. The van der Waals surface area contributed by atoms with Gasteiger partial charge in [-0.2, -0.15) is 5.10 Å². The van der Waals surface area contributed by atoms with Gasteiger partial charge in [-0.25, -0.2) is 0 Å². The Kier molecular flexibility index (Phi) is 3.21. The molecule has 1 saturated heterocycles. The van der Waals surface area contributed by atoms with Crippen LogP contribution in [0.5, 0.6) is 0 Å². The average molecular weight is 259 g/mol. The van der Waals surface area contributed by atoms with Crippen molar-refractivity contribution >= 4 is 16.8 Å². The van der Waals surface area contributed by atoms with Gasteiger partial charge < -0.3 is 10.1 Å². The van der Waals surface area contributed by atoms with E-state index in [-0.39, 0.29) is 11.8 Å². The number of benzene rings is 1. The Morgan fingerprint density at radius 1 is 1.58 bits per heavy atom. The summed E-state index contributed by atoms with van der Waals surface area (Å²) in [6.45, 7) is 3.75. The highest BCUT2D eigenvalue weighted by molar-refractivity contribution is 5.83. The summed E-state index contributed by atoms with van der Waals surface area (Å²) in [6.07, 6.45) is 0.814. The molecule has 1 aliphatic heterocycles. The minimum atomic E-state index is -0.00378. The number of aromatic amines is 1. The van der Waals surface area contributed by atoms with Crippen LogP contribution in [0.1, 0.15) is 17.7 Å². The number of aryl methyl sites for hydroxylation is 1. The molecule has 1 aromatic heterocycles. The van der Waals surface area contributed by atoms with Crippen LogP contribution in [0.4, 0.5) is 0 Å². The molecule has 5 nitrogen and oxygen atoms in total. The molecule has 0 aliphatic carbocycles. The lowest BCUT2D eigenvalue weighted by atomic mass is 10.1. The molecule has 1 aliphatic rings. The number of H-pyrrole nitrogens is 1. The Labute approximate surface area is 111 Å². The van der Waals surface area contributed by atoms with E-state index < -0.39 is 0 Å². The van der Waals surface area contributed by atoms with E-state index in [9.17, 15) is 4.79 Å². The van der Waals surface area contributed by atoms with E-state index in [0.717, 1.165) is 23.0 Å². The van der Waals surface area contributed by atoms with Crippen LogP contribution in [-0.2, 0) is 16.1 Å². The number of carbonyl (C=O) groups is 1. The number of hydrogen-bond acceptors (Lipinski definition) is 3. The van der Waals surface area contributed by atoms with Crippen molar-refractivity contribution in [2.24, 2.45) is 5.92 Å². The molecule has 100 valence electrons. The van der Waals surface area contributed by atoms with Gasteiger partial charge in [0.25, 0.3) is 0 Å². The molecule has 1 aromatic carbocycles. The van der Waals surface area contributed by atoms with Crippen LogP contribution in [0.3, 0.4) is 0 Å². The van der Waals surface area contributed by atoms with Crippen molar-refractivity contribution in [1.29, 1.82) is 0 Å². The van der Waals surface area contributed by atoms with Crippen LogP contribution in [0.15, 0.2) is 18.2 Å². The van der Waals surface area contributed by atoms with Crippen molar-refractivity contribution < 1.29 is 9.53 Å². The van der Waals surface area contributed by atoms with Gasteiger partial charge in [-0.3, -0.25) is 9.89 Å². The molecule has 19 heavy (non-hydrogen) atoms. The van der Waals surface area contributed by atoms with Crippen LogP contribution in [0.25, 0.3) is 10.9 Å². The van der Waals surface area contributed by atoms with Crippen molar-refractivity contribution in [3.63, 3.8) is 0 Å². The van der Waals surface area contributed by atoms with Crippen LogP contribution in [0.2, 0.25) is 0 Å². The summed E-state index contributed by atoms with van der Waals surface area (Å²) in [7, 11) is 0. The van der Waals surface area contributed by atoms with E-state index in [2.05, 4.69) is 21.6 Å². The van der Waals surface area contributed by atoms with E-state index in [4.69, 9.17) is 4.74 Å². The van der Waals surface area contributed by atoms with Crippen LogP contribution >= 0.6 is 0 Å². The van der Waals surface area contributed by atoms with E-state index in [1.807, 2.05) is 19.1 Å². The normalized spacial score (nSPS) is 18.9. The zero-order chi connectivity index (χ0) is 13.2. The summed E-state index contributed by atoms with van der Waals surface area (Å²) in [5.74, 6) is 0.0591. The second-order valence-corrected chi connectivity index (χ2v) is 5.00. The summed E-state index contributed by atoms with van der Waals surface area (Å²) in [4.78, 5) is 11.9. The quantitative estimate of drug-likeness (QED) is 0.878. The van der Waals surface area contributed by atoms with Gasteiger partial charge >= 0.3 is 0 Å². The number of aromatic nitrogens is 2. The zero-order valence-corrected chi connectivity index (χ0v) is 10.9. The molecule has 1 amide bonds. The maximum Gasteiger partial charge on any atom is 0.225 e. The monoisotopic (exact) mass is 259 g/mol. The fourth-order valence-corrected chi connectivity index (χ4v) is 2.37. The lowest BCUT2D eigenvalue weighted by Gasteiger charge is -2.08. The molecule has 2 aromatic rings. The Morgan fingerprint density at radius 3 is 3.26 bits per heavy atom. The molecular weight excluding hydrogens is 242 g/mol. The fraction of sp³-hybridized carbons (Fsp3) is 0.429. The van der Waals surface area contributed by atoms with Crippen LogP contribution in [0, 0.1) is 12.8 Å².